The van der Waals surface area contributed by atoms with E-state index >= 15 is 0 Å². The largest absolute Gasteiger partial charge is 0.467 e. The van der Waals surface area contributed by atoms with Gasteiger partial charge in [-0.1, -0.05) is 6.58 Å². The van der Waals surface area contributed by atoms with Gasteiger partial charge >= 0.3 is 0 Å². The van der Waals surface area contributed by atoms with Gasteiger partial charge in [-0.15, -0.1) is 0 Å². The molecule has 0 fully saturated rings. The van der Waals surface area contributed by atoms with E-state index in [-0.39, 0.29) is 12.5 Å². The average molecular weight is 111 g/mol. The second-order valence-electron chi connectivity index (χ2n) is 1.34. The normalized spacial score (nSPS) is 17.5. The zero-order valence-corrected chi connectivity index (χ0v) is 4.26. The fourth-order valence-corrected chi connectivity index (χ4v) is 0.428. The van der Waals surface area contributed by atoms with Gasteiger partial charge in [0.05, 0.1) is 0 Å². The molecular weight excluding hydrogens is 106 g/mol. The van der Waals surface area contributed by atoms with E-state index in [0.717, 1.165) is 0 Å². The molecule has 1 amide bonds. The molecule has 0 saturated carbocycles. The third kappa shape index (κ3) is 0.753. The van der Waals surface area contributed by atoms with E-state index in [0.29, 0.717) is 5.90 Å². The molecule has 1 heterocycles. The van der Waals surface area contributed by atoms with Gasteiger partial charge in [-0.3, -0.25) is 4.79 Å². The van der Waals surface area contributed by atoms with Gasteiger partial charge in [0.1, 0.15) is 0 Å². The number of hydrogen-bond acceptors (Lipinski definition) is 2. The van der Waals surface area contributed by atoms with E-state index in [4.69, 9.17) is 4.74 Å². The highest BCUT2D eigenvalue weighted by Gasteiger charge is 2.10. The van der Waals surface area contributed by atoms with Crippen molar-refractivity contribution in [2.45, 2.75) is 0 Å². The molecule has 0 saturated heterocycles. The number of hydrogen-bond donors (Lipinski definition) is 0. The third-order valence-electron chi connectivity index (χ3n) is 0.753. The molecule has 1 rings (SSSR count). The maximum absolute atomic E-state index is 10.3. The molecule has 0 aliphatic carbocycles. The highest BCUT2D eigenvalue weighted by atomic mass is 16.5. The van der Waals surface area contributed by atoms with Crippen LogP contribution in [0.4, 0.5) is 0 Å². The number of nitrogens with zero attached hydrogens (tertiary/aromatic N) is 1. The van der Waals surface area contributed by atoms with Gasteiger partial charge < -0.3 is 4.74 Å². The first-order valence-electron chi connectivity index (χ1n) is 2.19. The van der Waals surface area contributed by atoms with E-state index in [1.165, 1.54) is 6.08 Å². The van der Waals surface area contributed by atoms with Crippen LogP contribution in [0, 0.1) is 0 Å². The van der Waals surface area contributed by atoms with Crippen LogP contribution >= 0.6 is 0 Å². The van der Waals surface area contributed by atoms with Crippen molar-refractivity contribution in [3.8, 4) is 0 Å². The van der Waals surface area contributed by atoms with Gasteiger partial charge in [0.2, 0.25) is 5.90 Å². The second-order valence-corrected chi connectivity index (χ2v) is 1.34. The number of carbonyl (C=O) groups is 1. The van der Waals surface area contributed by atoms with Crippen molar-refractivity contribution in [2.75, 3.05) is 6.61 Å². The number of rotatable bonds is 1. The molecule has 1 aliphatic rings. The van der Waals surface area contributed by atoms with Gasteiger partial charge in [0.15, 0.2) is 6.61 Å². The first-order valence-corrected chi connectivity index (χ1v) is 2.19. The molecule has 42 valence electrons. The average Bonchev–Trinajstić information content (AvgIpc) is 2.14. The fourth-order valence-electron chi connectivity index (χ4n) is 0.428. The predicted octanol–water partition coefficient (Wildman–Crippen LogP) is 0.128. The molecule has 0 radical (unpaired) electrons. The van der Waals surface area contributed by atoms with Crippen LogP contribution in [-0.2, 0) is 9.53 Å². The van der Waals surface area contributed by atoms with Crippen molar-refractivity contribution in [1.29, 1.82) is 0 Å². The Labute approximate surface area is 46.7 Å². The zero-order valence-electron chi connectivity index (χ0n) is 4.26. The standard InChI is InChI=1S/C5H5NO2/c1-2-5-6-4(7)3-8-5/h2H,1,3H2. The highest BCUT2D eigenvalue weighted by Crippen LogP contribution is 1.94. The van der Waals surface area contributed by atoms with E-state index < -0.39 is 0 Å². The van der Waals surface area contributed by atoms with Crippen molar-refractivity contribution in [2.24, 2.45) is 4.99 Å². The van der Waals surface area contributed by atoms with Crippen LogP contribution in [0.15, 0.2) is 17.6 Å². The number of ether oxygens (including phenoxy) is 1. The summed E-state index contributed by atoms with van der Waals surface area (Å²) in [7, 11) is 0. The van der Waals surface area contributed by atoms with Crippen LogP contribution in [0.1, 0.15) is 0 Å². The molecular formula is C5H5NO2. The summed E-state index contributed by atoms with van der Waals surface area (Å²) in [5, 5.41) is 0. The molecule has 0 bridgehead atoms. The van der Waals surface area contributed by atoms with Crippen LogP contribution in [0.25, 0.3) is 0 Å². The smallest absolute Gasteiger partial charge is 0.286 e. The Hall–Kier alpha value is -1.12. The van der Waals surface area contributed by atoms with Gasteiger partial charge in [-0.05, 0) is 6.08 Å². The minimum atomic E-state index is -0.236. The van der Waals surface area contributed by atoms with Crippen molar-refractivity contribution < 1.29 is 9.53 Å². The van der Waals surface area contributed by atoms with Crippen molar-refractivity contribution in [3.05, 3.63) is 12.7 Å². The van der Waals surface area contributed by atoms with E-state index in [1.54, 1.807) is 0 Å². The minimum absolute atomic E-state index is 0.0708. The first kappa shape index (κ1) is 5.03. The third-order valence-corrected chi connectivity index (χ3v) is 0.753. The molecule has 0 spiro atoms. The molecule has 3 heteroatoms. The van der Waals surface area contributed by atoms with Gasteiger partial charge in [-0.2, -0.15) is 4.99 Å². The summed E-state index contributed by atoms with van der Waals surface area (Å²) in [6.45, 7) is 3.44. The van der Waals surface area contributed by atoms with E-state index in [9.17, 15) is 4.79 Å². The van der Waals surface area contributed by atoms with Crippen molar-refractivity contribution in [1.82, 2.24) is 0 Å². The Balaban J connectivity index is 2.70. The Morgan fingerprint density at radius 1 is 1.88 bits per heavy atom. The molecule has 0 aromatic rings. The van der Waals surface area contributed by atoms with Gasteiger partial charge in [0.25, 0.3) is 5.91 Å². The summed E-state index contributed by atoms with van der Waals surface area (Å²) in [5.74, 6) is 0.0925. The van der Waals surface area contributed by atoms with Crippen molar-refractivity contribution in [3.63, 3.8) is 0 Å². The lowest BCUT2D eigenvalue weighted by Gasteiger charge is -1.86. The Bertz CT molecular complexity index is 160. The molecule has 3 nitrogen and oxygen atoms in total. The fraction of sp³-hybridized carbons (Fsp3) is 0.200. The van der Waals surface area contributed by atoms with Crippen LogP contribution < -0.4 is 0 Å². The highest BCUT2D eigenvalue weighted by molar-refractivity contribution is 6.02. The predicted molar refractivity (Wildman–Crippen MR) is 28.6 cm³/mol. The quantitative estimate of drug-likeness (QED) is 0.482. The van der Waals surface area contributed by atoms with E-state index in [1.807, 2.05) is 0 Å². The Kier molecular flexibility index (Phi) is 1.12. The summed E-state index contributed by atoms with van der Waals surface area (Å²) in [6.07, 6.45) is 1.41. The van der Waals surface area contributed by atoms with E-state index in [2.05, 4.69) is 11.6 Å². The Morgan fingerprint density at radius 2 is 2.62 bits per heavy atom. The van der Waals surface area contributed by atoms with Crippen LogP contribution in [0.2, 0.25) is 0 Å². The summed E-state index contributed by atoms with van der Waals surface area (Å²) in [4.78, 5) is 13.7. The topological polar surface area (TPSA) is 38.7 Å². The molecule has 1 aliphatic heterocycles. The maximum atomic E-state index is 10.3. The van der Waals surface area contributed by atoms with Crippen LogP contribution in [0.3, 0.4) is 0 Å². The number of carbonyl (C=O) groups excluding carboxylic acids is 1. The summed E-state index contributed by atoms with van der Waals surface area (Å²) >= 11 is 0. The lowest BCUT2D eigenvalue weighted by molar-refractivity contribution is -0.118. The molecule has 8 heavy (non-hydrogen) atoms. The summed E-state index contributed by atoms with van der Waals surface area (Å²) in [5.41, 5.74) is 0. The summed E-state index contributed by atoms with van der Waals surface area (Å²) in [6, 6.07) is 0. The Morgan fingerprint density at radius 3 is 2.88 bits per heavy atom. The lowest BCUT2D eigenvalue weighted by atomic mass is 10.6. The van der Waals surface area contributed by atoms with Gasteiger partial charge in [-0.25, -0.2) is 0 Å². The monoisotopic (exact) mass is 111 g/mol. The maximum Gasteiger partial charge on any atom is 0.286 e. The number of amides is 1. The molecule has 0 N–H and O–H groups in total. The van der Waals surface area contributed by atoms with Crippen LogP contribution in [0.5, 0.6) is 0 Å². The summed E-state index contributed by atoms with van der Waals surface area (Å²) < 4.78 is 4.70. The SMILES string of the molecule is C=CC1=NC(=O)CO1. The molecule has 0 aromatic carbocycles. The van der Waals surface area contributed by atoms with Crippen molar-refractivity contribution >= 4 is 11.8 Å². The molecule has 0 aromatic heterocycles. The lowest BCUT2D eigenvalue weighted by Crippen LogP contribution is -1.94. The van der Waals surface area contributed by atoms with Crippen LogP contribution in [-0.4, -0.2) is 18.4 Å². The zero-order chi connectivity index (χ0) is 5.98. The van der Waals surface area contributed by atoms with Gasteiger partial charge in [0, 0.05) is 0 Å². The number of aliphatic imine (C=N–C) groups is 1. The minimum Gasteiger partial charge on any atom is -0.467 e. The second kappa shape index (κ2) is 1.78. The molecule has 0 atom stereocenters. The first-order chi connectivity index (χ1) is 3.83. The molecule has 0 unspecified atom stereocenters.